The van der Waals surface area contributed by atoms with Crippen LogP contribution in [0.3, 0.4) is 0 Å². The van der Waals surface area contributed by atoms with Crippen molar-refractivity contribution in [3.63, 3.8) is 0 Å². The van der Waals surface area contributed by atoms with Crippen molar-refractivity contribution in [2.24, 2.45) is 0 Å². The number of rotatable bonds is 2. The number of carbonyl (C=O) groups excluding carboxylic acids is 1. The molecule has 0 radical (unpaired) electrons. The highest BCUT2D eigenvalue weighted by Crippen LogP contribution is 2.43. The third-order valence-electron chi connectivity index (χ3n) is 6.31. The first kappa shape index (κ1) is 16.5. The number of hydrogen-bond donors (Lipinski definition) is 1. The molecule has 0 aliphatic carbocycles. The molecule has 3 atom stereocenters. The molecule has 1 amide bonds. The number of piperidine rings is 1. The lowest BCUT2D eigenvalue weighted by molar-refractivity contribution is 0.0571. The number of benzene rings is 2. The van der Waals surface area contributed by atoms with Crippen LogP contribution in [0.25, 0.3) is 10.9 Å². The van der Waals surface area contributed by atoms with E-state index < -0.39 is 0 Å². The Labute approximate surface area is 158 Å². The predicted octanol–water partition coefficient (Wildman–Crippen LogP) is 5.17. The van der Waals surface area contributed by atoms with Crippen LogP contribution in [-0.2, 0) is 0 Å². The Bertz CT molecular complexity index is 993. The zero-order chi connectivity index (χ0) is 18.5. The average molecular weight is 362 g/mol. The second-order valence-corrected chi connectivity index (χ2v) is 8.07. The maximum absolute atomic E-state index is 13.3. The number of hydrogen-bond acceptors (Lipinski definition) is 1. The molecule has 2 aromatic carbocycles. The number of nitrogens with one attached hydrogen (secondary N) is 1. The fourth-order valence-corrected chi connectivity index (χ4v) is 5.08. The number of fused-ring (bicyclic) bond motifs is 3. The maximum atomic E-state index is 13.3. The molecule has 2 bridgehead atoms. The van der Waals surface area contributed by atoms with Gasteiger partial charge in [-0.1, -0.05) is 12.1 Å². The molecule has 2 aliphatic heterocycles. The van der Waals surface area contributed by atoms with Gasteiger partial charge in [0.1, 0.15) is 5.82 Å². The highest BCUT2D eigenvalue weighted by Gasteiger charge is 2.43. The lowest BCUT2D eigenvalue weighted by atomic mass is 9.84. The summed E-state index contributed by atoms with van der Waals surface area (Å²) in [4.78, 5) is 18.7. The molecule has 1 N–H and O–H groups in total. The fourth-order valence-electron chi connectivity index (χ4n) is 5.08. The summed E-state index contributed by atoms with van der Waals surface area (Å²) in [6.45, 7) is 2.03. The van der Waals surface area contributed by atoms with Gasteiger partial charge in [0.15, 0.2) is 0 Å². The van der Waals surface area contributed by atoms with E-state index in [0.717, 1.165) is 47.8 Å². The normalized spacial score (nSPS) is 24.5. The summed E-state index contributed by atoms with van der Waals surface area (Å²) >= 11 is 0. The van der Waals surface area contributed by atoms with Crippen molar-refractivity contribution in [1.82, 2.24) is 9.88 Å². The molecule has 2 aliphatic rings. The van der Waals surface area contributed by atoms with E-state index in [4.69, 9.17) is 0 Å². The van der Waals surface area contributed by atoms with Crippen LogP contribution >= 0.6 is 0 Å². The minimum Gasteiger partial charge on any atom is -0.359 e. The number of halogens is 1. The van der Waals surface area contributed by atoms with E-state index >= 15 is 0 Å². The first-order valence-electron chi connectivity index (χ1n) is 9.76. The van der Waals surface area contributed by atoms with E-state index in [0.29, 0.717) is 5.92 Å². The van der Waals surface area contributed by atoms with Crippen LogP contribution in [0, 0.1) is 12.7 Å². The molecular formula is C23H23FN2O. The van der Waals surface area contributed by atoms with Gasteiger partial charge in [0.25, 0.3) is 5.91 Å². The lowest BCUT2D eigenvalue weighted by Gasteiger charge is -2.39. The van der Waals surface area contributed by atoms with Gasteiger partial charge < -0.3 is 9.88 Å². The van der Waals surface area contributed by atoms with Crippen molar-refractivity contribution < 1.29 is 9.18 Å². The Morgan fingerprint density at radius 3 is 2.44 bits per heavy atom. The molecule has 3 aromatic rings. The third-order valence-corrected chi connectivity index (χ3v) is 6.31. The Morgan fingerprint density at radius 1 is 1.04 bits per heavy atom. The molecule has 27 heavy (non-hydrogen) atoms. The molecule has 5 rings (SSSR count). The number of amides is 1. The minimum absolute atomic E-state index is 0.154. The lowest BCUT2D eigenvalue weighted by Crippen LogP contribution is -2.46. The Morgan fingerprint density at radius 2 is 1.74 bits per heavy atom. The Hall–Kier alpha value is -2.62. The molecule has 138 valence electrons. The summed E-state index contributed by atoms with van der Waals surface area (Å²) in [6.07, 6.45) is 4.08. The van der Waals surface area contributed by atoms with Crippen LogP contribution < -0.4 is 0 Å². The van der Waals surface area contributed by atoms with Gasteiger partial charge in [-0.05, 0) is 80.5 Å². The molecule has 0 saturated carbocycles. The summed E-state index contributed by atoms with van der Waals surface area (Å²) in [5.41, 5.74) is 4.15. The van der Waals surface area contributed by atoms with E-state index in [9.17, 15) is 9.18 Å². The monoisotopic (exact) mass is 362 g/mol. The van der Waals surface area contributed by atoms with Crippen molar-refractivity contribution in [3.05, 3.63) is 71.2 Å². The molecule has 0 spiro atoms. The second kappa shape index (κ2) is 6.22. The molecule has 2 saturated heterocycles. The largest absolute Gasteiger partial charge is 0.359 e. The summed E-state index contributed by atoms with van der Waals surface area (Å²) in [7, 11) is 0. The van der Waals surface area contributed by atoms with Crippen LogP contribution in [0.15, 0.2) is 48.5 Å². The van der Waals surface area contributed by atoms with Crippen LogP contribution in [0.1, 0.15) is 53.2 Å². The SMILES string of the molecule is Cc1cc2cc(C(=O)N3[C@@H]4CC[C@H]3C[C@@H](c3ccc(F)cc3)C4)ccc2[nH]1. The van der Waals surface area contributed by atoms with Gasteiger partial charge in [-0.3, -0.25) is 4.79 Å². The number of aryl methyl sites for hydroxylation is 1. The van der Waals surface area contributed by atoms with E-state index in [1.807, 2.05) is 37.3 Å². The van der Waals surface area contributed by atoms with E-state index in [2.05, 4.69) is 16.0 Å². The number of aromatic nitrogens is 1. The van der Waals surface area contributed by atoms with Gasteiger partial charge in [-0.25, -0.2) is 4.39 Å². The van der Waals surface area contributed by atoms with E-state index in [1.54, 1.807) is 12.1 Å². The van der Waals surface area contributed by atoms with Gasteiger partial charge in [-0.15, -0.1) is 0 Å². The molecule has 0 unspecified atom stereocenters. The van der Waals surface area contributed by atoms with Crippen molar-refractivity contribution >= 4 is 16.8 Å². The Balaban J connectivity index is 1.39. The van der Waals surface area contributed by atoms with Crippen LogP contribution in [0.2, 0.25) is 0 Å². The van der Waals surface area contributed by atoms with Gasteiger partial charge in [0.2, 0.25) is 0 Å². The van der Waals surface area contributed by atoms with Crippen LogP contribution in [0.5, 0.6) is 0 Å². The van der Waals surface area contributed by atoms with Crippen molar-refractivity contribution in [2.45, 2.75) is 50.6 Å². The number of nitrogens with zero attached hydrogens (tertiary/aromatic N) is 1. The third kappa shape index (κ3) is 2.84. The van der Waals surface area contributed by atoms with Crippen molar-refractivity contribution in [2.75, 3.05) is 0 Å². The van der Waals surface area contributed by atoms with Crippen LogP contribution in [0.4, 0.5) is 4.39 Å². The average Bonchev–Trinajstić information content (AvgIpc) is 3.16. The first-order chi connectivity index (χ1) is 13.1. The first-order valence-corrected chi connectivity index (χ1v) is 9.76. The molecule has 3 nitrogen and oxygen atoms in total. The van der Waals surface area contributed by atoms with Crippen molar-refractivity contribution in [3.8, 4) is 0 Å². The molecule has 4 heteroatoms. The number of aromatic amines is 1. The zero-order valence-electron chi connectivity index (χ0n) is 15.4. The number of carbonyl (C=O) groups is 1. The Kier molecular flexibility index (Phi) is 3.81. The van der Waals surface area contributed by atoms with Crippen molar-refractivity contribution in [1.29, 1.82) is 0 Å². The van der Waals surface area contributed by atoms with Gasteiger partial charge in [-0.2, -0.15) is 0 Å². The minimum atomic E-state index is -0.190. The maximum Gasteiger partial charge on any atom is 0.254 e. The standard InChI is InChI=1S/C23H23FN2O/c1-14-10-18-11-16(4-9-22(18)25-14)23(27)26-20-7-8-21(26)13-17(12-20)15-2-5-19(24)6-3-15/h2-6,9-11,17,20-21,25H,7-8,12-13H2,1H3/t17-,20+,21-. The number of H-pyrrole nitrogens is 1. The van der Waals surface area contributed by atoms with E-state index in [1.165, 1.54) is 5.56 Å². The van der Waals surface area contributed by atoms with Gasteiger partial charge >= 0.3 is 0 Å². The molecule has 3 heterocycles. The summed E-state index contributed by atoms with van der Waals surface area (Å²) < 4.78 is 13.2. The molecular weight excluding hydrogens is 339 g/mol. The van der Waals surface area contributed by atoms with Gasteiger partial charge in [0, 0.05) is 34.2 Å². The molecule has 1 aromatic heterocycles. The predicted molar refractivity (Wildman–Crippen MR) is 104 cm³/mol. The van der Waals surface area contributed by atoms with Gasteiger partial charge in [0.05, 0.1) is 0 Å². The van der Waals surface area contributed by atoms with E-state index in [-0.39, 0.29) is 23.8 Å². The summed E-state index contributed by atoms with van der Waals surface area (Å²) in [5.74, 6) is 0.382. The highest BCUT2D eigenvalue weighted by molar-refractivity contribution is 5.98. The smallest absolute Gasteiger partial charge is 0.254 e. The highest BCUT2D eigenvalue weighted by atomic mass is 19.1. The topological polar surface area (TPSA) is 36.1 Å². The fraction of sp³-hybridized carbons (Fsp3) is 0.348. The zero-order valence-corrected chi connectivity index (χ0v) is 15.4. The summed E-state index contributed by atoms with van der Waals surface area (Å²) in [6, 6.07) is 15.5. The summed E-state index contributed by atoms with van der Waals surface area (Å²) in [5, 5.41) is 1.09. The quantitative estimate of drug-likeness (QED) is 0.671. The second-order valence-electron chi connectivity index (χ2n) is 8.07. The molecule has 2 fully saturated rings. The van der Waals surface area contributed by atoms with Crippen LogP contribution in [-0.4, -0.2) is 27.9 Å².